The second-order valence-corrected chi connectivity index (χ2v) is 9.21. The van der Waals surface area contributed by atoms with Gasteiger partial charge in [0.2, 0.25) is 0 Å². The number of benzene rings is 1. The first-order chi connectivity index (χ1) is 11.0. The number of carbonyl (C=O) groups is 1. The summed E-state index contributed by atoms with van der Waals surface area (Å²) in [6.07, 6.45) is 5.74. The Labute approximate surface area is 149 Å². The topological polar surface area (TPSA) is 17.1 Å². The highest BCUT2D eigenvalue weighted by atomic mass is 16.1. The fourth-order valence-corrected chi connectivity index (χ4v) is 4.52. The van der Waals surface area contributed by atoms with Crippen molar-refractivity contribution in [2.75, 3.05) is 0 Å². The molecule has 1 aromatic carbocycles. The summed E-state index contributed by atoms with van der Waals surface area (Å²) in [5.41, 5.74) is 7.73. The Bertz CT molecular complexity index is 593. The Balaban J connectivity index is 2.12. The van der Waals surface area contributed by atoms with Crippen molar-refractivity contribution < 1.29 is 4.79 Å². The molecule has 0 saturated heterocycles. The summed E-state index contributed by atoms with van der Waals surface area (Å²) in [5.74, 6) is 1.77. The third kappa shape index (κ3) is 3.76. The van der Waals surface area contributed by atoms with Crippen LogP contribution in [0, 0.1) is 51.9 Å². The first-order valence-electron chi connectivity index (χ1n) is 9.64. The normalized spacial score (nSPS) is 21.8. The van der Waals surface area contributed by atoms with Crippen molar-refractivity contribution in [3.8, 4) is 0 Å². The van der Waals surface area contributed by atoms with Gasteiger partial charge < -0.3 is 0 Å². The fourth-order valence-electron chi connectivity index (χ4n) is 4.52. The molecule has 1 aromatic rings. The molecule has 1 fully saturated rings. The van der Waals surface area contributed by atoms with Crippen LogP contribution in [0.3, 0.4) is 0 Å². The molecule has 134 valence electrons. The van der Waals surface area contributed by atoms with E-state index in [1.54, 1.807) is 0 Å². The molecule has 0 heterocycles. The Kier molecular flexibility index (Phi) is 5.62. The van der Waals surface area contributed by atoms with E-state index in [1.165, 1.54) is 53.5 Å². The van der Waals surface area contributed by atoms with E-state index < -0.39 is 0 Å². The number of carbonyl (C=O) groups excluding carboxylic acids is 1. The summed E-state index contributed by atoms with van der Waals surface area (Å²) in [7, 11) is 0. The Morgan fingerprint density at radius 3 is 1.62 bits per heavy atom. The van der Waals surface area contributed by atoms with Crippen molar-refractivity contribution in [2.45, 2.75) is 87.5 Å². The summed E-state index contributed by atoms with van der Waals surface area (Å²) < 4.78 is 0. The van der Waals surface area contributed by atoms with Crippen LogP contribution >= 0.6 is 0 Å². The first kappa shape index (κ1) is 19.2. The zero-order chi connectivity index (χ0) is 18.2. The third-order valence-corrected chi connectivity index (χ3v) is 6.82. The van der Waals surface area contributed by atoms with Gasteiger partial charge in [-0.15, -0.1) is 0 Å². The third-order valence-electron chi connectivity index (χ3n) is 6.82. The van der Waals surface area contributed by atoms with Gasteiger partial charge in [-0.05, 0) is 105 Å². The molecule has 1 saturated carbocycles. The zero-order valence-corrected chi connectivity index (χ0v) is 17.1. The van der Waals surface area contributed by atoms with Crippen molar-refractivity contribution in [1.82, 2.24) is 0 Å². The van der Waals surface area contributed by atoms with E-state index in [4.69, 9.17) is 0 Å². The molecule has 1 heteroatoms. The second kappa shape index (κ2) is 7.02. The van der Waals surface area contributed by atoms with Crippen LogP contribution in [0.2, 0.25) is 0 Å². The number of ketones is 1. The van der Waals surface area contributed by atoms with E-state index >= 15 is 0 Å². The van der Waals surface area contributed by atoms with Gasteiger partial charge in [-0.2, -0.15) is 0 Å². The Hall–Kier alpha value is -1.11. The summed E-state index contributed by atoms with van der Waals surface area (Å²) in [6.45, 7) is 17.8. The first-order valence-corrected chi connectivity index (χ1v) is 9.64. The maximum absolute atomic E-state index is 13.0. The van der Waals surface area contributed by atoms with Gasteiger partial charge in [0.25, 0.3) is 0 Å². The quantitative estimate of drug-likeness (QED) is 0.567. The van der Waals surface area contributed by atoms with E-state index in [1.807, 2.05) is 0 Å². The van der Waals surface area contributed by atoms with Crippen LogP contribution < -0.4 is 0 Å². The molecule has 0 spiro atoms. The molecule has 0 N–H and O–H groups in total. The van der Waals surface area contributed by atoms with Gasteiger partial charge in [-0.25, -0.2) is 0 Å². The molecular weight excluding hydrogens is 292 g/mol. The van der Waals surface area contributed by atoms with Crippen LogP contribution in [0.1, 0.15) is 91.1 Å². The van der Waals surface area contributed by atoms with E-state index in [0.717, 1.165) is 17.9 Å². The van der Waals surface area contributed by atoms with Crippen LogP contribution in [0.4, 0.5) is 0 Å². The average Bonchev–Trinajstić information content (AvgIpc) is 2.51. The number of rotatable bonds is 3. The molecule has 1 aliphatic carbocycles. The molecule has 0 amide bonds. The van der Waals surface area contributed by atoms with Crippen molar-refractivity contribution in [1.29, 1.82) is 0 Å². The lowest BCUT2D eigenvalue weighted by molar-refractivity contribution is 0.0916. The van der Waals surface area contributed by atoms with Gasteiger partial charge in [0.15, 0.2) is 5.78 Å². The van der Waals surface area contributed by atoms with Crippen LogP contribution in [-0.4, -0.2) is 5.78 Å². The maximum atomic E-state index is 13.0. The average molecular weight is 329 g/mol. The van der Waals surface area contributed by atoms with E-state index in [2.05, 4.69) is 55.4 Å². The standard InChI is InChI=1S/C23H36O/c1-14-15(2)17(4)22(18(5)16(14)3)21(24)13-19-9-11-20(12-10-19)23(6,7)8/h19-20H,9-13H2,1-8H3. The minimum atomic E-state index is 0.371. The molecule has 1 nitrogen and oxygen atoms in total. The maximum Gasteiger partial charge on any atom is 0.163 e. The molecule has 1 aliphatic rings. The molecule has 0 bridgehead atoms. The van der Waals surface area contributed by atoms with Crippen LogP contribution in [0.5, 0.6) is 0 Å². The van der Waals surface area contributed by atoms with Gasteiger partial charge in [-0.1, -0.05) is 20.8 Å². The number of hydrogen-bond donors (Lipinski definition) is 0. The number of hydrogen-bond acceptors (Lipinski definition) is 1. The monoisotopic (exact) mass is 328 g/mol. The smallest absolute Gasteiger partial charge is 0.163 e. The predicted molar refractivity (Wildman–Crippen MR) is 104 cm³/mol. The molecule has 2 rings (SSSR count). The summed E-state index contributed by atoms with van der Waals surface area (Å²) in [6, 6.07) is 0. The highest BCUT2D eigenvalue weighted by Gasteiger charge is 2.31. The zero-order valence-electron chi connectivity index (χ0n) is 17.1. The summed E-state index contributed by atoms with van der Waals surface area (Å²) in [5, 5.41) is 0. The largest absolute Gasteiger partial charge is 0.294 e. The van der Waals surface area contributed by atoms with Gasteiger partial charge >= 0.3 is 0 Å². The van der Waals surface area contributed by atoms with Crippen molar-refractivity contribution >= 4 is 5.78 Å². The van der Waals surface area contributed by atoms with Gasteiger partial charge in [-0.3, -0.25) is 4.79 Å². The van der Waals surface area contributed by atoms with E-state index in [9.17, 15) is 4.79 Å². The van der Waals surface area contributed by atoms with E-state index in [-0.39, 0.29) is 0 Å². The minimum Gasteiger partial charge on any atom is -0.294 e. The number of Topliss-reactive ketones (excluding diaryl/α,β-unsaturated/α-hetero) is 1. The predicted octanol–water partition coefficient (Wildman–Crippen LogP) is 6.65. The molecule has 0 radical (unpaired) electrons. The van der Waals surface area contributed by atoms with Crippen molar-refractivity contribution in [2.24, 2.45) is 17.3 Å². The van der Waals surface area contributed by atoms with Crippen molar-refractivity contribution in [3.63, 3.8) is 0 Å². The molecule has 0 unspecified atom stereocenters. The molecule has 24 heavy (non-hydrogen) atoms. The molecule has 0 atom stereocenters. The summed E-state index contributed by atoms with van der Waals surface area (Å²) in [4.78, 5) is 13.0. The van der Waals surface area contributed by atoms with Crippen molar-refractivity contribution in [3.05, 3.63) is 33.4 Å². The molecular formula is C23H36O. The lowest BCUT2D eigenvalue weighted by atomic mass is 9.69. The highest BCUT2D eigenvalue weighted by Crippen LogP contribution is 2.41. The van der Waals surface area contributed by atoms with Crippen LogP contribution in [-0.2, 0) is 0 Å². The molecule has 0 aromatic heterocycles. The lowest BCUT2D eigenvalue weighted by Gasteiger charge is -2.37. The second-order valence-electron chi connectivity index (χ2n) is 9.21. The lowest BCUT2D eigenvalue weighted by Crippen LogP contribution is -2.27. The van der Waals surface area contributed by atoms with Gasteiger partial charge in [0.1, 0.15) is 0 Å². The van der Waals surface area contributed by atoms with E-state index in [0.29, 0.717) is 17.1 Å². The fraction of sp³-hybridized carbons (Fsp3) is 0.696. The highest BCUT2D eigenvalue weighted by molar-refractivity contribution is 5.99. The SMILES string of the molecule is Cc1c(C)c(C)c(C(=O)CC2CCC(C(C)(C)C)CC2)c(C)c1C. The van der Waals surface area contributed by atoms with Gasteiger partial charge in [0.05, 0.1) is 0 Å². The minimum absolute atomic E-state index is 0.371. The Morgan fingerprint density at radius 1 is 0.792 bits per heavy atom. The van der Waals surface area contributed by atoms with Gasteiger partial charge in [0, 0.05) is 12.0 Å². The Morgan fingerprint density at radius 2 is 1.21 bits per heavy atom. The molecule has 0 aliphatic heterocycles. The van der Waals surface area contributed by atoms with Crippen LogP contribution in [0.25, 0.3) is 0 Å². The summed E-state index contributed by atoms with van der Waals surface area (Å²) >= 11 is 0. The van der Waals surface area contributed by atoms with Crippen LogP contribution in [0.15, 0.2) is 0 Å².